The molecule has 0 spiro atoms. The van der Waals surface area contributed by atoms with Crippen LogP contribution in [0.2, 0.25) is 0 Å². The van der Waals surface area contributed by atoms with Crippen molar-refractivity contribution in [2.75, 3.05) is 19.0 Å². The number of nitrogens with one attached hydrogen (secondary N) is 1. The molecule has 1 aromatic carbocycles. The Labute approximate surface area is 123 Å². The van der Waals surface area contributed by atoms with Gasteiger partial charge in [0, 0.05) is 12.3 Å². The van der Waals surface area contributed by atoms with E-state index in [-0.39, 0.29) is 12.5 Å². The van der Waals surface area contributed by atoms with Gasteiger partial charge < -0.3 is 14.8 Å². The quantitative estimate of drug-likeness (QED) is 0.887. The minimum atomic E-state index is -0.251. The Hall–Kier alpha value is -2.56. The predicted octanol–water partition coefficient (Wildman–Crippen LogP) is 2.67. The van der Waals surface area contributed by atoms with Crippen molar-refractivity contribution >= 4 is 11.7 Å². The van der Waals surface area contributed by atoms with Crippen molar-refractivity contribution in [3.05, 3.63) is 48.2 Å². The van der Waals surface area contributed by atoms with Crippen molar-refractivity contribution in [2.45, 2.75) is 13.3 Å². The summed E-state index contributed by atoms with van der Waals surface area (Å²) in [4.78, 5) is 15.9. The molecule has 5 heteroatoms. The number of aryl methyl sites for hydroxylation is 1. The second-order valence-corrected chi connectivity index (χ2v) is 4.42. The fourth-order valence-electron chi connectivity index (χ4n) is 1.78. The fourth-order valence-corrected chi connectivity index (χ4v) is 1.78. The zero-order valence-corrected chi connectivity index (χ0v) is 12.1. The lowest BCUT2D eigenvalue weighted by Crippen LogP contribution is -2.20. The smallest absolute Gasteiger partial charge is 0.263 e. The topological polar surface area (TPSA) is 60.5 Å². The highest BCUT2D eigenvalue weighted by atomic mass is 16.5. The van der Waals surface area contributed by atoms with Crippen LogP contribution in [0.5, 0.6) is 11.5 Å². The lowest BCUT2D eigenvalue weighted by atomic mass is 10.2. The second-order valence-electron chi connectivity index (χ2n) is 4.42. The van der Waals surface area contributed by atoms with Crippen molar-refractivity contribution in [1.82, 2.24) is 4.98 Å². The number of pyridine rings is 1. The average molecular weight is 286 g/mol. The maximum Gasteiger partial charge on any atom is 0.263 e. The van der Waals surface area contributed by atoms with Crippen molar-refractivity contribution in [3.8, 4) is 11.5 Å². The number of benzene rings is 1. The highest BCUT2D eigenvalue weighted by molar-refractivity contribution is 5.91. The van der Waals surface area contributed by atoms with Gasteiger partial charge in [-0.1, -0.05) is 13.0 Å². The molecule has 5 nitrogen and oxygen atoms in total. The Morgan fingerprint density at radius 3 is 2.81 bits per heavy atom. The van der Waals surface area contributed by atoms with E-state index in [0.717, 1.165) is 12.0 Å². The number of carbonyl (C=O) groups excluding carboxylic acids is 1. The van der Waals surface area contributed by atoms with E-state index >= 15 is 0 Å². The van der Waals surface area contributed by atoms with Crippen LogP contribution in [-0.2, 0) is 11.2 Å². The van der Waals surface area contributed by atoms with Gasteiger partial charge in [-0.25, -0.2) is 4.98 Å². The number of rotatable bonds is 6. The third-order valence-corrected chi connectivity index (χ3v) is 2.91. The molecule has 1 N–H and O–H groups in total. The largest absolute Gasteiger partial charge is 0.497 e. The van der Waals surface area contributed by atoms with Crippen LogP contribution in [-0.4, -0.2) is 24.6 Å². The van der Waals surface area contributed by atoms with E-state index in [4.69, 9.17) is 9.47 Å². The van der Waals surface area contributed by atoms with E-state index in [9.17, 15) is 4.79 Å². The van der Waals surface area contributed by atoms with Gasteiger partial charge in [-0.3, -0.25) is 4.79 Å². The number of ether oxygens (including phenoxy) is 2. The molecule has 2 aromatic rings. The zero-order chi connectivity index (χ0) is 15.1. The van der Waals surface area contributed by atoms with Crippen LogP contribution in [0.1, 0.15) is 12.5 Å². The molecule has 0 aliphatic rings. The maximum absolute atomic E-state index is 11.8. The predicted molar refractivity (Wildman–Crippen MR) is 80.7 cm³/mol. The van der Waals surface area contributed by atoms with Gasteiger partial charge in [-0.15, -0.1) is 0 Å². The van der Waals surface area contributed by atoms with Gasteiger partial charge in [0.25, 0.3) is 5.91 Å². The van der Waals surface area contributed by atoms with Gasteiger partial charge in [0.1, 0.15) is 17.3 Å². The minimum absolute atomic E-state index is 0.0782. The summed E-state index contributed by atoms with van der Waals surface area (Å²) in [6.45, 7) is 1.97. The van der Waals surface area contributed by atoms with E-state index < -0.39 is 0 Å². The number of nitrogens with zero attached hydrogens (tertiary/aromatic N) is 1. The lowest BCUT2D eigenvalue weighted by molar-refractivity contribution is -0.118. The minimum Gasteiger partial charge on any atom is -0.497 e. The molecule has 0 saturated carbocycles. The molecule has 0 saturated heterocycles. The molecule has 0 bridgehead atoms. The van der Waals surface area contributed by atoms with Crippen LogP contribution in [0.3, 0.4) is 0 Å². The summed E-state index contributed by atoms with van der Waals surface area (Å²) in [6, 6.07) is 10.9. The molecule has 1 heterocycles. The van der Waals surface area contributed by atoms with Crippen LogP contribution in [0.25, 0.3) is 0 Å². The number of methoxy groups -OCH3 is 1. The number of aromatic nitrogens is 1. The van der Waals surface area contributed by atoms with Crippen molar-refractivity contribution in [2.24, 2.45) is 0 Å². The number of amides is 1. The Kier molecular flexibility index (Phi) is 5.15. The summed E-state index contributed by atoms with van der Waals surface area (Å²) in [7, 11) is 1.58. The van der Waals surface area contributed by atoms with Gasteiger partial charge in [0.15, 0.2) is 6.61 Å². The monoisotopic (exact) mass is 286 g/mol. The number of carbonyl (C=O) groups is 1. The third kappa shape index (κ3) is 4.49. The molecule has 0 fully saturated rings. The Bertz CT molecular complexity index is 614. The Morgan fingerprint density at radius 2 is 2.05 bits per heavy atom. The van der Waals surface area contributed by atoms with Crippen molar-refractivity contribution in [3.63, 3.8) is 0 Å². The normalized spacial score (nSPS) is 10.0. The highest BCUT2D eigenvalue weighted by Crippen LogP contribution is 2.18. The van der Waals surface area contributed by atoms with Gasteiger partial charge in [-0.2, -0.15) is 0 Å². The molecule has 21 heavy (non-hydrogen) atoms. The van der Waals surface area contributed by atoms with Gasteiger partial charge in [0.2, 0.25) is 0 Å². The van der Waals surface area contributed by atoms with Crippen LogP contribution < -0.4 is 14.8 Å². The van der Waals surface area contributed by atoms with Gasteiger partial charge in [-0.05, 0) is 36.2 Å². The second kappa shape index (κ2) is 7.28. The summed E-state index contributed by atoms with van der Waals surface area (Å²) < 4.78 is 10.5. The summed E-state index contributed by atoms with van der Waals surface area (Å²) in [6.07, 6.45) is 2.57. The Morgan fingerprint density at radius 1 is 1.24 bits per heavy atom. The molecular formula is C16H18N2O3. The van der Waals surface area contributed by atoms with Crippen LogP contribution in [0, 0.1) is 0 Å². The SMILES string of the molecule is CCc1ccnc(NC(=O)COc2cccc(OC)c2)c1. The van der Waals surface area contributed by atoms with E-state index in [1.54, 1.807) is 31.5 Å². The summed E-state index contributed by atoms with van der Waals surface area (Å²) in [5, 5.41) is 2.71. The molecule has 0 aliphatic carbocycles. The first kappa shape index (κ1) is 14.8. The average Bonchev–Trinajstić information content (AvgIpc) is 2.53. The first-order valence-corrected chi connectivity index (χ1v) is 6.73. The summed E-state index contributed by atoms with van der Waals surface area (Å²) in [5.41, 5.74) is 1.12. The van der Waals surface area contributed by atoms with Crippen molar-refractivity contribution < 1.29 is 14.3 Å². The highest BCUT2D eigenvalue weighted by Gasteiger charge is 2.05. The lowest BCUT2D eigenvalue weighted by Gasteiger charge is -2.08. The van der Waals surface area contributed by atoms with E-state index in [1.165, 1.54) is 0 Å². The molecule has 0 radical (unpaired) electrons. The molecule has 110 valence electrons. The fraction of sp³-hybridized carbons (Fsp3) is 0.250. The molecule has 1 amide bonds. The molecule has 0 unspecified atom stereocenters. The van der Waals surface area contributed by atoms with E-state index in [0.29, 0.717) is 17.3 Å². The first-order valence-electron chi connectivity index (χ1n) is 6.73. The maximum atomic E-state index is 11.8. The summed E-state index contributed by atoms with van der Waals surface area (Å²) in [5.74, 6) is 1.55. The molecule has 2 rings (SSSR count). The van der Waals surface area contributed by atoms with Gasteiger partial charge >= 0.3 is 0 Å². The number of hydrogen-bond acceptors (Lipinski definition) is 4. The van der Waals surface area contributed by atoms with Crippen LogP contribution in [0.15, 0.2) is 42.6 Å². The Balaban J connectivity index is 1.89. The number of hydrogen-bond donors (Lipinski definition) is 1. The van der Waals surface area contributed by atoms with Crippen LogP contribution >= 0.6 is 0 Å². The molecule has 0 atom stereocenters. The first-order chi connectivity index (χ1) is 10.2. The van der Waals surface area contributed by atoms with Crippen LogP contribution in [0.4, 0.5) is 5.82 Å². The van der Waals surface area contributed by atoms with Gasteiger partial charge in [0.05, 0.1) is 7.11 Å². The standard InChI is InChI=1S/C16H18N2O3/c1-3-12-7-8-17-15(9-12)18-16(19)11-21-14-6-4-5-13(10-14)20-2/h4-10H,3,11H2,1-2H3,(H,17,18,19). The van der Waals surface area contributed by atoms with E-state index in [1.807, 2.05) is 25.1 Å². The van der Waals surface area contributed by atoms with E-state index in [2.05, 4.69) is 10.3 Å². The molecule has 1 aromatic heterocycles. The summed E-state index contributed by atoms with van der Waals surface area (Å²) >= 11 is 0. The molecular weight excluding hydrogens is 268 g/mol. The zero-order valence-electron chi connectivity index (χ0n) is 12.1. The molecule has 0 aliphatic heterocycles. The third-order valence-electron chi connectivity index (χ3n) is 2.91. The van der Waals surface area contributed by atoms with Crippen molar-refractivity contribution in [1.29, 1.82) is 0 Å². The number of anilines is 1.